The quantitative estimate of drug-likeness (QED) is 0.357. The van der Waals surface area contributed by atoms with Gasteiger partial charge in [-0.3, -0.25) is 4.79 Å². The number of aliphatic hydroxyl groups is 1. The number of aromatic hydroxyl groups is 1. The van der Waals surface area contributed by atoms with E-state index >= 15 is 0 Å². The standard InChI is InChI=1S/C24H28N4O3/c1-15-6-8-21(29)20(10-15)28-24(31)18-5-3-4-17(12-18)11-16(2)26-14-22(30)19-7-9-23(25)27-13-19/h3-10,12-13,16,22,26,29-30H,11,14H2,1-2H3,(H2,25,27)(H,28,31)/t16-,22+/m1/s1. The lowest BCUT2D eigenvalue weighted by Crippen LogP contribution is -2.32. The summed E-state index contributed by atoms with van der Waals surface area (Å²) in [7, 11) is 0. The Morgan fingerprint density at radius 2 is 1.97 bits per heavy atom. The predicted molar refractivity (Wildman–Crippen MR) is 122 cm³/mol. The third-order valence-electron chi connectivity index (χ3n) is 4.98. The second-order valence-electron chi connectivity index (χ2n) is 7.72. The molecule has 0 aliphatic heterocycles. The number of nitrogens with zero attached hydrogens (tertiary/aromatic N) is 1. The fourth-order valence-corrected chi connectivity index (χ4v) is 3.25. The van der Waals surface area contributed by atoms with Gasteiger partial charge < -0.3 is 26.6 Å². The number of aryl methyl sites for hydroxylation is 1. The van der Waals surface area contributed by atoms with Crippen molar-refractivity contribution in [1.82, 2.24) is 10.3 Å². The number of nitrogens with two attached hydrogens (primary N) is 1. The first-order valence-corrected chi connectivity index (χ1v) is 10.1. The van der Waals surface area contributed by atoms with Gasteiger partial charge in [0.05, 0.1) is 11.8 Å². The van der Waals surface area contributed by atoms with Crippen LogP contribution in [0.1, 0.15) is 40.1 Å². The second-order valence-corrected chi connectivity index (χ2v) is 7.72. The SMILES string of the molecule is Cc1ccc(O)c(NC(=O)c2cccc(C[C@@H](C)NC[C@H](O)c3ccc(N)nc3)c2)c1. The van der Waals surface area contributed by atoms with Crippen LogP contribution in [-0.4, -0.2) is 33.7 Å². The topological polar surface area (TPSA) is 120 Å². The summed E-state index contributed by atoms with van der Waals surface area (Å²) in [6, 6.07) is 15.9. The van der Waals surface area contributed by atoms with Gasteiger partial charge in [0, 0.05) is 29.9 Å². The summed E-state index contributed by atoms with van der Waals surface area (Å²) in [5, 5.41) is 26.3. The number of hydrogen-bond acceptors (Lipinski definition) is 6. The molecule has 6 N–H and O–H groups in total. The van der Waals surface area contributed by atoms with E-state index < -0.39 is 6.10 Å². The number of anilines is 2. The number of aromatic nitrogens is 1. The van der Waals surface area contributed by atoms with Gasteiger partial charge in [0.15, 0.2) is 0 Å². The van der Waals surface area contributed by atoms with Gasteiger partial charge in [-0.25, -0.2) is 4.98 Å². The van der Waals surface area contributed by atoms with Crippen molar-refractivity contribution in [3.63, 3.8) is 0 Å². The van der Waals surface area contributed by atoms with Crippen LogP contribution in [0, 0.1) is 6.92 Å². The molecule has 2 atom stereocenters. The van der Waals surface area contributed by atoms with Crippen molar-refractivity contribution in [1.29, 1.82) is 0 Å². The Bertz CT molecular complexity index is 1040. The van der Waals surface area contributed by atoms with E-state index in [4.69, 9.17) is 5.73 Å². The molecule has 0 spiro atoms. The smallest absolute Gasteiger partial charge is 0.255 e. The second kappa shape index (κ2) is 10.1. The summed E-state index contributed by atoms with van der Waals surface area (Å²) in [5.74, 6) is 0.163. The van der Waals surface area contributed by atoms with Crippen molar-refractivity contribution < 1.29 is 15.0 Å². The van der Waals surface area contributed by atoms with Gasteiger partial charge in [0.1, 0.15) is 11.6 Å². The molecule has 1 aromatic heterocycles. The Labute approximate surface area is 182 Å². The molecule has 0 radical (unpaired) electrons. The monoisotopic (exact) mass is 420 g/mol. The Kier molecular flexibility index (Phi) is 7.23. The highest BCUT2D eigenvalue weighted by Gasteiger charge is 2.13. The van der Waals surface area contributed by atoms with Crippen molar-refractivity contribution in [3.05, 3.63) is 83.0 Å². The summed E-state index contributed by atoms with van der Waals surface area (Å²) in [6.07, 6.45) is 1.57. The van der Waals surface area contributed by atoms with Crippen molar-refractivity contribution in [3.8, 4) is 5.75 Å². The van der Waals surface area contributed by atoms with Crippen molar-refractivity contribution in [2.75, 3.05) is 17.6 Å². The summed E-state index contributed by atoms with van der Waals surface area (Å²) in [5.41, 5.74) is 9.11. The van der Waals surface area contributed by atoms with Crippen LogP contribution in [0.4, 0.5) is 11.5 Å². The first-order valence-electron chi connectivity index (χ1n) is 10.1. The fraction of sp³-hybridized carbons (Fsp3) is 0.250. The lowest BCUT2D eigenvalue weighted by molar-refractivity contribution is 0.102. The molecule has 0 unspecified atom stereocenters. The first-order chi connectivity index (χ1) is 14.8. The number of amides is 1. The van der Waals surface area contributed by atoms with Crippen LogP contribution >= 0.6 is 0 Å². The first kappa shape index (κ1) is 22.3. The van der Waals surface area contributed by atoms with Crippen molar-refractivity contribution in [2.24, 2.45) is 0 Å². The zero-order valence-electron chi connectivity index (χ0n) is 17.7. The Balaban J connectivity index is 1.57. The summed E-state index contributed by atoms with van der Waals surface area (Å²) in [6.45, 7) is 4.29. The third-order valence-corrected chi connectivity index (χ3v) is 4.98. The molecule has 3 rings (SSSR count). The van der Waals surface area contributed by atoms with E-state index in [2.05, 4.69) is 15.6 Å². The molecule has 0 saturated carbocycles. The highest BCUT2D eigenvalue weighted by molar-refractivity contribution is 6.05. The maximum atomic E-state index is 12.6. The van der Waals surface area contributed by atoms with E-state index in [0.29, 0.717) is 35.6 Å². The van der Waals surface area contributed by atoms with Crippen molar-refractivity contribution in [2.45, 2.75) is 32.4 Å². The predicted octanol–water partition coefficient (Wildman–Crippen LogP) is 3.18. The molecular formula is C24H28N4O3. The molecule has 0 saturated heterocycles. The number of pyridine rings is 1. The van der Waals surface area contributed by atoms with E-state index in [1.807, 2.05) is 32.0 Å². The lowest BCUT2D eigenvalue weighted by Gasteiger charge is -2.18. The summed E-state index contributed by atoms with van der Waals surface area (Å²) < 4.78 is 0. The van der Waals surface area contributed by atoms with E-state index in [-0.39, 0.29) is 17.7 Å². The molecule has 0 fully saturated rings. The molecule has 0 aliphatic carbocycles. The van der Waals surface area contributed by atoms with Gasteiger partial charge >= 0.3 is 0 Å². The Morgan fingerprint density at radius 1 is 1.16 bits per heavy atom. The van der Waals surface area contributed by atoms with E-state index in [1.54, 1.807) is 42.6 Å². The Hall–Kier alpha value is -3.42. The lowest BCUT2D eigenvalue weighted by atomic mass is 10.0. The van der Waals surface area contributed by atoms with Crippen LogP contribution in [0.2, 0.25) is 0 Å². The van der Waals surface area contributed by atoms with Gasteiger partial charge in [0.25, 0.3) is 5.91 Å². The Morgan fingerprint density at radius 3 is 2.71 bits per heavy atom. The number of phenolic OH excluding ortho intramolecular Hbond substituents is 1. The minimum absolute atomic E-state index is 0.0304. The molecule has 3 aromatic rings. The summed E-state index contributed by atoms with van der Waals surface area (Å²) >= 11 is 0. The average Bonchev–Trinajstić information content (AvgIpc) is 2.75. The van der Waals surface area contributed by atoms with Gasteiger partial charge in [-0.15, -0.1) is 0 Å². The normalized spacial score (nSPS) is 12.9. The zero-order valence-corrected chi connectivity index (χ0v) is 17.7. The third kappa shape index (κ3) is 6.28. The van der Waals surface area contributed by atoms with Crippen LogP contribution in [0.25, 0.3) is 0 Å². The number of benzene rings is 2. The number of phenols is 1. The molecule has 1 heterocycles. The van der Waals surface area contributed by atoms with Gasteiger partial charge in [0.2, 0.25) is 0 Å². The van der Waals surface area contributed by atoms with E-state index in [1.165, 1.54) is 0 Å². The molecule has 7 heteroatoms. The summed E-state index contributed by atoms with van der Waals surface area (Å²) in [4.78, 5) is 16.6. The highest BCUT2D eigenvalue weighted by atomic mass is 16.3. The molecule has 1 amide bonds. The maximum absolute atomic E-state index is 12.6. The highest BCUT2D eigenvalue weighted by Crippen LogP contribution is 2.24. The minimum Gasteiger partial charge on any atom is -0.506 e. The van der Waals surface area contributed by atoms with Gasteiger partial charge in [-0.1, -0.05) is 24.3 Å². The molecule has 162 valence electrons. The van der Waals surface area contributed by atoms with Crippen LogP contribution in [0.3, 0.4) is 0 Å². The maximum Gasteiger partial charge on any atom is 0.255 e. The number of nitrogen functional groups attached to an aromatic ring is 1. The number of nitrogens with one attached hydrogen (secondary N) is 2. The largest absolute Gasteiger partial charge is 0.506 e. The molecule has 0 aliphatic rings. The number of rotatable bonds is 8. The number of carbonyl (C=O) groups excluding carboxylic acids is 1. The molecule has 7 nitrogen and oxygen atoms in total. The molecule has 31 heavy (non-hydrogen) atoms. The zero-order chi connectivity index (χ0) is 22.4. The molecular weight excluding hydrogens is 392 g/mol. The molecule has 0 bridgehead atoms. The van der Waals surface area contributed by atoms with Crippen LogP contribution in [-0.2, 0) is 6.42 Å². The van der Waals surface area contributed by atoms with E-state index in [9.17, 15) is 15.0 Å². The number of hydrogen-bond donors (Lipinski definition) is 5. The van der Waals surface area contributed by atoms with Crippen LogP contribution in [0.5, 0.6) is 5.75 Å². The van der Waals surface area contributed by atoms with Gasteiger partial charge in [-0.05, 0) is 61.7 Å². The number of aliphatic hydroxyl groups excluding tert-OH is 1. The van der Waals surface area contributed by atoms with E-state index in [0.717, 1.165) is 11.1 Å². The van der Waals surface area contributed by atoms with Gasteiger partial charge in [-0.2, -0.15) is 0 Å². The fourth-order valence-electron chi connectivity index (χ4n) is 3.25. The average molecular weight is 421 g/mol. The van der Waals surface area contributed by atoms with Crippen LogP contribution < -0.4 is 16.4 Å². The van der Waals surface area contributed by atoms with Crippen molar-refractivity contribution >= 4 is 17.4 Å². The van der Waals surface area contributed by atoms with Crippen LogP contribution in [0.15, 0.2) is 60.8 Å². The minimum atomic E-state index is -0.685. The number of carbonyl (C=O) groups is 1. The molecule has 2 aromatic carbocycles.